The molecule has 0 N–H and O–H groups in total. The van der Waals surface area contributed by atoms with Crippen molar-refractivity contribution in [2.24, 2.45) is 22.7 Å². The lowest BCUT2D eigenvalue weighted by Gasteiger charge is -2.37. The van der Waals surface area contributed by atoms with Gasteiger partial charge in [0.1, 0.15) is 0 Å². The van der Waals surface area contributed by atoms with Crippen molar-refractivity contribution < 1.29 is 0 Å². The molecule has 3 heterocycles. The summed E-state index contributed by atoms with van der Waals surface area (Å²) in [5, 5.41) is 0. The van der Waals surface area contributed by atoms with E-state index >= 15 is 0 Å². The van der Waals surface area contributed by atoms with Gasteiger partial charge in [0.05, 0.1) is 6.04 Å². The lowest BCUT2D eigenvalue weighted by atomic mass is 9.73. The van der Waals surface area contributed by atoms with Crippen LogP contribution >= 0.6 is 0 Å². The zero-order valence-corrected chi connectivity index (χ0v) is 16.2. The van der Waals surface area contributed by atoms with Crippen LogP contribution in [0.1, 0.15) is 64.7 Å². The summed E-state index contributed by atoms with van der Waals surface area (Å²) in [6, 6.07) is 0.576. The topological polar surface area (TPSA) is 15.6 Å². The highest BCUT2D eigenvalue weighted by molar-refractivity contribution is 5.74. The van der Waals surface area contributed by atoms with Crippen LogP contribution in [-0.2, 0) is 0 Å². The summed E-state index contributed by atoms with van der Waals surface area (Å²) in [6.45, 7) is 3.33. The molecule has 0 amide bonds. The fourth-order valence-corrected chi connectivity index (χ4v) is 6.16. The number of rotatable bonds is 4. The summed E-state index contributed by atoms with van der Waals surface area (Å²) >= 11 is 0. The molecule has 0 saturated carbocycles. The molecule has 1 fully saturated rings. The Kier molecular flexibility index (Phi) is 4.38. The van der Waals surface area contributed by atoms with Crippen LogP contribution in [0.15, 0.2) is 51.8 Å². The van der Waals surface area contributed by atoms with Crippen molar-refractivity contribution >= 4 is 6.21 Å². The maximum atomic E-state index is 4.65. The van der Waals surface area contributed by atoms with Crippen LogP contribution in [-0.4, -0.2) is 23.7 Å². The summed E-state index contributed by atoms with van der Waals surface area (Å²) in [7, 11) is 0. The molecule has 0 aromatic carbocycles. The fraction of sp³-hybridized carbons (Fsp3) is 0.625. The predicted molar refractivity (Wildman–Crippen MR) is 109 cm³/mol. The van der Waals surface area contributed by atoms with Crippen molar-refractivity contribution in [1.82, 2.24) is 4.90 Å². The molecule has 1 saturated heterocycles. The number of allylic oxidation sites excluding steroid dienone is 5. The molecule has 5 rings (SSSR count). The number of unbranched alkanes of at least 4 members (excludes halogenated alkanes) is 2. The zero-order chi connectivity index (χ0) is 17.5. The van der Waals surface area contributed by atoms with Gasteiger partial charge in [-0.2, -0.15) is 0 Å². The minimum atomic E-state index is 0.576. The third kappa shape index (κ3) is 2.56. The number of nitrogens with zero attached hydrogens (tertiary/aromatic N) is 2. The minimum Gasteiger partial charge on any atom is -0.341 e. The first kappa shape index (κ1) is 16.6. The van der Waals surface area contributed by atoms with Gasteiger partial charge in [0.15, 0.2) is 0 Å². The van der Waals surface area contributed by atoms with Gasteiger partial charge in [-0.1, -0.05) is 44.4 Å². The molecule has 2 heteroatoms. The normalized spacial score (nSPS) is 34.7. The van der Waals surface area contributed by atoms with Crippen LogP contribution < -0.4 is 0 Å². The quantitative estimate of drug-likeness (QED) is 0.587. The van der Waals surface area contributed by atoms with Gasteiger partial charge in [-0.05, 0) is 61.7 Å². The Bertz CT molecular complexity index is 720. The first-order chi connectivity index (χ1) is 12.9. The van der Waals surface area contributed by atoms with Crippen molar-refractivity contribution in [3.63, 3.8) is 0 Å². The monoisotopic (exact) mass is 348 g/mol. The molecule has 4 atom stereocenters. The first-order valence-corrected chi connectivity index (χ1v) is 11.0. The number of fused-ring (bicyclic) bond motifs is 5. The van der Waals surface area contributed by atoms with Gasteiger partial charge < -0.3 is 4.90 Å². The summed E-state index contributed by atoms with van der Waals surface area (Å²) in [4.78, 5) is 7.46. The SMILES string of the molecule is CCCCCC1CC[C@H]2C3=C1CC=C1C=CCCC1N3C1=CC=NC[C@@H]12. The van der Waals surface area contributed by atoms with Crippen LogP contribution in [0.3, 0.4) is 0 Å². The van der Waals surface area contributed by atoms with Gasteiger partial charge in [-0.3, -0.25) is 4.99 Å². The van der Waals surface area contributed by atoms with Gasteiger partial charge in [-0.15, -0.1) is 0 Å². The van der Waals surface area contributed by atoms with Gasteiger partial charge in [0.2, 0.25) is 0 Å². The van der Waals surface area contributed by atoms with Crippen LogP contribution in [0.25, 0.3) is 0 Å². The van der Waals surface area contributed by atoms with Crippen molar-refractivity contribution in [1.29, 1.82) is 0 Å². The summed E-state index contributed by atoms with van der Waals surface area (Å²) in [5.41, 5.74) is 6.69. The summed E-state index contributed by atoms with van der Waals surface area (Å²) in [6.07, 6.45) is 23.8. The van der Waals surface area contributed by atoms with Crippen LogP contribution in [0.5, 0.6) is 0 Å². The minimum absolute atomic E-state index is 0.576. The number of aliphatic imine (C=N–C) groups is 1. The zero-order valence-electron chi connectivity index (χ0n) is 16.2. The van der Waals surface area contributed by atoms with E-state index in [1.165, 1.54) is 57.8 Å². The molecular formula is C24H32N2. The van der Waals surface area contributed by atoms with E-state index in [1.54, 1.807) is 22.5 Å². The number of hydrogen-bond acceptors (Lipinski definition) is 2. The molecular weight excluding hydrogens is 316 g/mol. The van der Waals surface area contributed by atoms with E-state index in [0.717, 1.165) is 18.4 Å². The van der Waals surface area contributed by atoms with E-state index < -0.39 is 0 Å². The Morgan fingerprint density at radius 3 is 3.04 bits per heavy atom. The molecule has 0 aromatic heterocycles. The molecule has 2 unspecified atom stereocenters. The Labute approximate surface area is 158 Å². The Morgan fingerprint density at radius 1 is 1.15 bits per heavy atom. The molecule has 0 radical (unpaired) electrons. The lowest BCUT2D eigenvalue weighted by molar-refractivity contribution is 0.311. The van der Waals surface area contributed by atoms with Gasteiger partial charge >= 0.3 is 0 Å². The van der Waals surface area contributed by atoms with E-state index in [0.29, 0.717) is 12.0 Å². The summed E-state index contributed by atoms with van der Waals surface area (Å²) < 4.78 is 0. The standard InChI is InChI=1S/C24H32N2/c1-2-3-4-7-17-10-13-20-21-16-25-15-14-23(21)26-22-9-6-5-8-18(22)11-12-19(17)24(20)26/h5,8,11,14-15,17,20-22H,2-4,6-7,9-10,12-13,16H2,1H3/t17?,20-,21-,22?/m1/s1. The molecule has 0 aromatic rings. The Balaban J connectivity index is 1.57. The number of dihydropyridines is 1. The van der Waals surface area contributed by atoms with Gasteiger partial charge in [-0.25, -0.2) is 0 Å². The van der Waals surface area contributed by atoms with Crippen LogP contribution in [0.2, 0.25) is 0 Å². The second kappa shape index (κ2) is 6.87. The highest BCUT2D eigenvalue weighted by Gasteiger charge is 2.49. The van der Waals surface area contributed by atoms with Gasteiger partial charge in [0, 0.05) is 36.0 Å². The van der Waals surface area contributed by atoms with Crippen LogP contribution in [0, 0.1) is 17.8 Å². The van der Waals surface area contributed by atoms with Crippen molar-refractivity contribution in [2.45, 2.75) is 70.8 Å². The largest absolute Gasteiger partial charge is 0.341 e. The van der Waals surface area contributed by atoms with Crippen molar-refractivity contribution in [3.8, 4) is 0 Å². The predicted octanol–water partition coefficient (Wildman–Crippen LogP) is 5.80. The molecule has 2 aliphatic carbocycles. The van der Waals surface area contributed by atoms with E-state index in [1.807, 2.05) is 0 Å². The summed E-state index contributed by atoms with van der Waals surface area (Å²) in [5.74, 6) is 2.19. The number of hydrogen-bond donors (Lipinski definition) is 0. The third-order valence-electron chi connectivity index (χ3n) is 7.38. The average molecular weight is 349 g/mol. The highest BCUT2D eigenvalue weighted by atomic mass is 15.2. The van der Waals surface area contributed by atoms with Gasteiger partial charge in [0.25, 0.3) is 0 Å². The Morgan fingerprint density at radius 2 is 2.12 bits per heavy atom. The molecule has 3 aliphatic heterocycles. The Hall–Kier alpha value is -1.57. The highest BCUT2D eigenvalue weighted by Crippen LogP contribution is 2.55. The lowest BCUT2D eigenvalue weighted by Crippen LogP contribution is -2.34. The van der Waals surface area contributed by atoms with Crippen molar-refractivity contribution in [3.05, 3.63) is 46.8 Å². The second-order valence-corrected chi connectivity index (χ2v) is 8.77. The maximum Gasteiger partial charge on any atom is 0.0585 e. The van der Waals surface area contributed by atoms with E-state index in [9.17, 15) is 0 Å². The maximum absolute atomic E-state index is 4.65. The molecule has 2 nitrogen and oxygen atoms in total. The van der Waals surface area contributed by atoms with E-state index in [-0.39, 0.29) is 0 Å². The smallest absolute Gasteiger partial charge is 0.0585 e. The molecule has 138 valence electrons. The van der Waals surface area contributed by atoms with Crippen LogP contribution in [0.4, 0.5) is 0 Å². The fourth-order valence-electron chi connectivity index (χ4n) is 6.16. The molecule has 0 bridgehead atoms. The molecule has 0 spiro atoms. The third-order valence-corrected chi connectivity index (χ3v) is 7.38. The second-order valence-electron chi connectivity index (χ2n) is 8.77. The molecule has 26 heavy (non-hydrogen) atoms. The van der Waals surface area contributed by atoms with E-state index in [2.05, 4.69) is 47.3 Å². The van der Waals surface area contributed by atoms with E-state index in [4.69, 9.17) is 0 Å². The first-order valence-electron chi connectivity index (χ1n) is 11.0. The molecule has 5 aliphatic rings. The average Bonchev–Trinajstić information content (AvgIpc) is 2.91. The van der Waals surface area contributed by atoms with Crippen molar-refractivity contribution in [2.75, 3.05) is 6.54 Å².